The van der Waals surface area contributed by atoms with Gasteiger partial charge in [-0.25, -0.2) is 13.6 Å². The maximum Gasteiger partial charge on any atom is 0.337 e. The van der Waals surface area contributed by atoms with Crippen LogP contribution in [0.25, 0.3) is 0 Å². The van der Waals surface area contributed by atoms with Crippen LogP contribution in [0.15, 0.2) is 83.1 Å². The first-order valence-corrected chi connectivity index (χ1v) is 11.2. The molecule has 0 aromatic heterocycles. The van der Waals surface area contributed by atoms with Crippen molar-refractivity contribution in [2.45, 2.75) is 12.8 Å². The SMILES string of the molecule is C=CCOC(=O)C1=C(C)NC(SCC(=O)Nc2ccc(F)cc2)=C(C#N)[C@@H]1c1ccccc1F. The highest BCUT2D eigenvalue weighted by Crippen LogP contribution is 2.41. The maximum atomic E-state index is 14.8. The van der Waals surface area contributed by atoms with Crippen molar-refractivity contribution >= 4 is 29.3 Å². The average molecular weight is 482 g/mol. The van der Waals surface area contributed by atoms with Crippen LogP contribution in [0.2, 0.25) is 0 Å². The van der Waals surface area contributed by atoms with E-state index in [0.717, 1.165) is 11.8 Å². The van der Waals surface area contributed by atoms with E-state index < -0.39 is 23.5 Å². The first-order chi connectivity index (χ1) is 16.3. The van der Waals surface area contributed by atoms with Gasteiger partial charge in [-0.2, -0.15) is 5.26 Å². The Morgan fingerprint density at radius 2 is 1.94 bits per heavy atom. The molecule has 0 spiro atoms. The van der Waals surface area contributed by atoms with E-state index in [2.05, 4.69) is 23.3 Å². The number of hydrogen-bond donors (Lipinski definition) is 2. The Morgan fingerprint density at radius 1 is 1.24 bits per heavy atom. The number of carbonyl (C=O) groups excluding carboxylic acids is 2. The minimum absolute atomic E-state index is 0.0453. The smallest absolute Gasteiger partial charge is 0.337 e. The van der Waals surface area contributed by atoms with E-state index in [0.29, 0.717) is 16.4 Å². The number of thioether (sulfide) groups is 1. The number of amides is 1. The number of carbonyl (C=O) groups is 2. The number of esters is 1. The monoisotopic (exact) mass is 481 g/mol. The number of nitrogens with zero attached hydrogens (tertiary/aromatic N) is 1. The predicted octanol–water partition coefficient (Wildman–Crippen LogP) is 4.76. The summed E-state index contributed by atoms with van der Waals surface area (Å²) >= 11 is 1.04. The Labute approximate surface area is 200 Å². The van der Waals surface area contributed by atoms with E-state index >= 15 is 0 Å². The Balaban J connectivity index is 1.91. The fraction of sp³-hybridized carbons (Fsp3) is 0.160. The van der Waals surface area contributed by atoms with E-state index in [-0.39, 0.29) is 35.0 Å². The van der Waals surface area contributed by atoms with Crippen LogP contribution in [0.4, 0.5) is 14.5 Å². The summed E-state index contributed by atoms with van der Waals surface area (Å²) in [6.07, 6.45) is 1.41. The highest BCUT2D eigenvalue weighted by atomic mass is 32.2. The molecule has 0 unspecified atom stereocenters. The number of ether oxygens (including phenoxy) is 1. The van der Waals surface area contributed by atoms with Gasteiger partial charge in [0.2, 0.25) is 5.91 Å². The first-order valence-electron chi connectivity index (χ1n) is 10.2. The summed E-state index contributed by atoms with van der Waals surface area (Å²) in [6, 6.07) is 13.2. The number of nitriles is 1. The zero-order valence-electron chi connectivity index (χ0n) is 18.2. The Morgan fingerprint density at radius 3 is 2.59 bits per heavy atom. The van der Waals surface area contributed by atoms with Crippen LogP contribution in [-0.2, 0) is 14.3 Å². The number of rotatable bonds is 8. The van der Waals surface area contributed by atoms with Gasteiger partial charge >= 0.3 is 5.97 Å². The van der Waals surface area contributed by atoms with Crippen LogP contribution in [0.1, 0.15) is 18.4 Å². The van der Waals surface area contributed by atoms with Crippen molar-refractivity contribution in [1.82, 2.24) is 5.32 Å². The molecule has 174 valence electrons. The lowest BCUT2D eigenvalue weighted by Crippen LogP contribution is -2.30. The third-order valence-corrected chi connectivity index (χ3v) is 5.91. The molecule has 2 aromatic carbocycles. The standard InChI is InChI=1S/C25H21F2N3O3S/c1-3-12-33-25(32)22-15(2)29-24(19(13-28)23(22)18-6-4-5-7-20(18)27)34-14-21(31)30-17-10-8-16(26)9-11-17/h3-11,23,29H,1,12,14H2,2H3,(H,30,31)/t23-/m0/s1. The van der Waals surface area contributed by atoms with E-state index in [1.54, 1.807) is 13.0 Å². The highest BCUT2D eigenvalue weighted by Gasteiger charge is 2.37. The van der Waals surface area contributed by atoms with Crippen molar-refractivity contribution in [3.05, 3.63) is 100 Å². The summed E-state index contributed by atoms with van der Waals surface area (Å²) in [7, 11) is 0. The Bertz CT molecular complexity index is 1220. The average Bonchev–Trinajstić information content (AvgIpc) is 2.82. The van der Waals surface area contributed by atoms with Crippen LogP contribution < -0.4 is 10.6 Å². The molecule has 0 saturated heterocycles. The third-order valence-electron chi connectivity index (χ3n) is 4.89. The summed E-state index contributed by atoms with van der Waals surface area (Å²) in [5.74, 6) is -3.20. The van der Waals surface area contributed by atoms with Gasteiger partial charge in [0.15, 0.2) is 0 Å². The third kappa shape index (κ3) is 5.71. The summed E-state index contributed by atoms with van der Waals surface area (Å²) in [6.45, 7) is 5.09. The van der Waals surface area contributed by atoms with E-state index in [1.807, 2.05) is 0 Å². The van der Waals surface area contributed by atoms with E-state index in [9.17, 15) is 23.6 Å². The summed E-state index contributed by atoms with van der Waals surface area (Å²) < 4.78 is 33.0. The van der Waals surface area contributed by atoms with Crippen LogP contribution in [0, 0.1) is 23.0 Å². The van der Waals surface area contributed by atoms with Gasteiger partial charge in [0.05, 0.1) is 33.9 Å². The van der Waals surface area contributed by atoms with Crippen molar-refractivity contribution in [1.29, 1.82) is 5.26 Å². The minimum atomic E-state index is -1.02. The van der Waals surface area contributed by atoms with Crippen molar-refractivity contribution in [3.63, 3.8) is 0 Å². The number of anilines is 1. The zero-order valence-corrected chi connectivity index (χ0v) is 19.0. The van der Waals surface area contributed by atoms with Crippen molar-refractivity contribution in [2.24, 2.45) is 0 Å². The Kier molecular flexibility index (Phi) is 8.22. The van der Waals surface area contributed by atoms with Gasteiger partial charge in [-0.05, 0) is 37.3 Å². The summed E-state index contributed by atoms with van der Waals surface area (Å²) in [5.41, 5.74) is 1.12. The molecule has 0 aliphatic carbocycles. The number of benzene rings is 2. The number of hydrogen-bond acceptors (Lipinski definition) is 6. The lowest BCUT2D eigenvalue weighted by Gasteiger charge is -2.29. The van der Waals surface area contributed by atoms with Crippen LogP contribution in [0.5, 0.6) is 0 Å². The lowest BCUT2D eigenvalue weighted by molar-refractivity contribution is -0.138. The zero-order chi connectivity index (χ0) is 24.7. The molecule has 2 aromatic rings. The van der Waals surface area contributed by atoms with Gasteiger partial charge in [0, 0.05) is 16.9 Å². The molecule has 1 heterocycles. The molecular weight excluding hydrogens is 460 g/mol. The molecule has 1 aliphatic heterocycles. The van der Waals surface area contributed by atoms with Gasteiger partial charge in [-0.3, -0.25) is 4.79 Å². The van der Waals surface area contributed by atoms with Crippen LogP contribution in [0.3, 0.4) is 0 Å². The number of halogens is 2. The maximum absolute atomic E-state index is 14.8. The molecule has 0 radical (unpaired) electrons. The van der Waals surface area contributed by atoms with Crippen LogP contribution >= 0.6 is 11.8 Å². The molecule has 2 N–H and O–H groups in total. The van der Waals surface area contributed by atoms with Crippen molar-refractivity contribution in [3.8, 4) is 6.07 Å². The number of allylic oxidation sites excluding steroid dienone is 2. The van der Waals surface area contributed by atoms with Gasteiger partial charge < -0.3 is 15.4 Å². The van der Waals surface area contributed by atoms with Gasteiger partial charge in [-0.1, -0.05) is 42.6 Å². The predicted molar refractivity (Wildman–Crippen MR) is 126 cm³/mol. The second kappa shape index (κ2) is 11.3. The Hall–Kier alpha value is -3.90. The molecule has 34 heavy (non-hydrogen) atoms. The first kappa shape index (κ1) is 24.7. The van der Waals surface area contributed by atoms with E-state index in [4.69, 9.17) is 4.74 Å². The largest absolute Gasteiger partial charge is 0.458 e. The highest BCUT2D eigenvalue weighted by molar-refractivity contribution is 8.03. The quantitative estimate of drug-likeness (QED) is 0.417. The van der Waals surface area contributed by atoms with Gasteiger partial charge in [0.1, 0.15) is 18.2 Å². The normalized spacial score (nSPS) is 15.3. The number of nitrogens with one attached hydrogen (secondary N) is 2. The fourth-order valence-electron chi connectivity index (χ4n) is 3.40. The number of dihydropyridines is 1. The molecule has 1 aliphatic rings. The molecule has 6 nitrogen and oxygen atoms in total. The molecule has 9 heteroatoms. The molecule has 3 rings (SSSR count). The molecule has 0 bridgehead atoms. The molecule has 0 saturated carbocycles. The van der Waals surface area contributed by atoms with Crippen molar-refractivity contribution < 1.29 is 23.1 Å². The lowest BCUT2D eigenvalue weighted by atomic mass is 9.82. The second-order valence-corrected chi connectivity index (χ2v) is 8.19. The van der Waals surface area contributed by atoms with Crippen molar-refractivity contribution in [2.75, 3.05) is 17.7 Å². The summed E-state index contributed by atoms with van der Waals surface area (Å²) in [4.78, 5) is 25.2. The molecule has 1 amide bonds. The molecular formula is C25H21F2N3O3S. The second-order valence-electron chi connectivity index (χ2n) is 7.20. The topological polar surface area (TPSA) is 91.2 Å². The van der Waals surface area contributed by atoms with Crippen LogP contribution in [-0.4, -0.2) is 24.2 Å². The minimum Gasteiger partial charge on any atom is -0.458 e. The summed E-state index contributed by atoms with van der Waals surface area (Å²) in [5, 5.41) is 15.9. The van der Waals surface area contributed by atoms with Gasteiger partial charge in [-0.15, -0.1) is 0 Å². The van der Waals surface area contributed by atoms with E-state index in [1.165, 1.54) is 48.5 Å². The molecule has 1 atom stereocenters. The van der Waals surface area contributed by atoms with Gasteiger partial charge in [0.25, 0.3) is 0 Å². The fourth-order valence-corrected chi connectivity index (χ4v) is 4.29. The molecule has 0 fully saturated rings.